The van der Waals surface area contributed by atoms with Gasteiger partial charge in [0.05, 0.1) is 11.6 Å². The van der Waals surface area contributed by atoms with Crippen LogP contribution in [0.25, 0.3) is 0 Å². The lowest BCUT2D eigenvalue weighted by atomic mass is 10.1. The molecule has 2 aromatic carbocycles. The number of carbonyl (C=O) groups excluding carboxylic acids is 2. The normalized spacial score (nSPS) is 10.7. The highest BCUT2D eigenvalue weighted by Crippen LogP contribution is 2.16. The lowest BCUT2D eigenvalue weighted by Gasteiger charge is -2.19. The van der Waals surface area contributed by atoms with Crippen LogP contribution in [0.5, 0.6) is 0 Å². The van der Waals surface area contributed by atoms with Crippen molar-refractivity contribution in [3.63, 3.8) is 0 Å². The van der Waals surface area contributed by atoms with Crippen molar-refractivity contribution in [2.75, 3.05) is 17.6 Å². The van der Waals surface area contributed by atoms with E-state index in [1.165, 1.54) is 0 Å². The van der Waals surface area contributed by atoms with E-state index in [1.54, 1.807) is 62.9 Å². The first-order valence-electron chi connectivity index (χ1n) is 9.22. The van der Waals surface area contributed by atoms with Gasteiger partial charge < -0.3 is 10.1 Å². The number of carbonyl (C=O) groups is 2. The molecule has 2 amide bonds. The summed E-state index contributed by atoms with van der Waals surface area (Å²) >= 11 is 1.66. The minimum absolute atomic E-state index is 0.174. The molecule has 0 aliphatic carbocycles. The minimum Gasteiger partial charge on any atom is -0.444 e. The molecule has 152 valence electrons. The zero-order valence-electron chi connectivity index (χ0n) is 16.8. The average molecular weight is 412 g/mol. The summed E-state index contributed by atoms with van der Waals surface area (Å²) in [7, 11) is 0. The average Bonchev–Trinajstić information content (AvgIpc) is 2.67. The lowest BCUT2D eigenvalue weighted by molar-refractivity contribution is 0.0635. The number of ether oxygens (including phenoxy) is 1. The Balaban J connectivity index is 1.74. The van der Waals surface area contributed by atoms with Gasteiger partial charge in [-0.1, -0.05) is 18.2 Å². The molecule has 0 unspecified atom stereocenters. The summed E-state index contributed by atoms with van der Waals surface area (Å²) in [4.78, 5) is 24.0. The van der Waals surface area contributed by atoms with Crippen molar-refractivity contribution in [1.82, 2.24) is 5.32 Å². The molecule has 0 saturated heterocycles. The standard InChI is InChI=1S/C22H25N3O3S/c1-22(2,3)28-21(27)25-19-10-8-16(9-11-19)20(26)24-12-13-29-15-18-7-5-4-6-17(18)14-23/h4-11H,12-13,15H2,1-3H3,(H,24,26)(H,25,27). The SMILES string of the molecule is CC(C)(C)OC(=O)Nc1ccc(C(=O)NCCSCc2ccccc2C#N)cc1. The highest BCUT2D eigenvalue weighted by atomic mass is 32.2. The fourth-order valence-corrected chi connectivity index (χ4v) is 3.26. The van der Waals surface area contributed by atoms with E-state index in [9.17, 15) is 9.59 Å². The summed E-state index contributed by atoms with van der Waals surface area (Å²) in [5, 5.41) is 14.6. The van der Waals surface area contributed by atoms with Crippen molar-refractivity contribution in [3.8, 4) is 6.07 Å². The lowest BCUT2D eigenvalue weighted by Crippen LogP contribution is -2.27. The third-order valence-corrected chi connectivity index (χ3v) is 4.73. The van der Waals surface area contributed by atoms with Crippen LogP contribution < -0.4 is 10.6 Å². The van der Waals surface area contributed by atoms with Crippen LogP contribution in [-0.4, -0.2) is 29.9 Å². The molecule has 0 fully saturated rings. The first kappa shape index (κ1) is 22.3. The van der Waals surface area contributed by atoms with Crippen LogP contribution in [0.3, 0.4) is 0 Å². The summed E-state index contributed by atoms with van der Waals surface area (Å²) < 4.78 is 5.19. The van der Waals surface area contributed by atoms with Crippen molar-refractivity contribution in [2.45, 2.75) is 32.1 Å². The second kappa shape index (κ2) is 10.5. The molecular weight excluding hydrogens is 386 g/mol. The van der Waals surface area contributed by atoms with E-state index in [2.05, 4.69) is 16.7 Å². The van der Waals surface area contributed by atoms with Gasteiger partial charge in [-0.3, -0.25) is 10.1 Å². The Labute approximate surface area is 175 Å². The molecule has 6 nitrogen and oxygen atoms in total. The van der Waals surface area contributed by atoms with Gasteiger partial charge in [-0.05, 0) is 56.7 Å². The van der Waals surface area contributed by atoms with Gasteiger partial charge >= 0.3 is 6.09 Å². The van der Waals surface area contributed by atoms with Crippen molar-refractivity contribution in [3.05, 3.63) is 65.2 Å². The van der Waals surface area contributed by atoms with Crippen LogP contribution in [0.4, 0.5) is 10.5 Å². The fourth-order valence-electron chi connectivity index (χ4n) is 2.40. The third kappa shape index (κ3) is 7.88. The van der Waals surface area contributed by atoms with Crippen molar-refractivity contribution in [2.24, 2.45) is 0 Å². The maximum absolute atomic E-state index is 12.2. The zero-order valence-corrected chi connectivity index (χ0v) is 17.6. The molecule has 0 atom stereocenters. The van der Waals surface area contributed by atoms with Crippen LogP contribution in [0.15, 0.2) is 48.5 Å². The van der Waals surface area contributed by atoms with Gasteiger partial charge in [0.15, 0.2) is 0 Å². The molecule has 0 bridgehead atoms. The summed E-state index contributed by atoms with van der Waals surface area (Å²) in [6.07, 6.45) is -0.537. The summed E-state index contributed by atoms with van der Waals surface area (Å²) in [6.45, 7) is 5.90. The number of amides is 2. The highest BCUT2D eigenvalue weighted by Gasteiger charge is 2.16. The molecule has 2 rings (SSSR count). The molecule has 0 aliphatic heterocycles. The number of nitrogens with zero attached hydrogens (tertiary/aromatic N) is 1. The van der Waals surface area contributed by atoms with Gasteiger partial charge in [0.2, 0.25) is 0 Å². The molecule has 29 heavy (non-hydrogen) atoms. The molecule has 0 radical (unpaired) electrons. The largest absolute Gasteiger partial charge is 0.444 e. The van der Waals surface area contributed by atoms with Gasteiger partial charge in [-0.15, -0.1) is 0 Å². The Hall–Kier alpha value is -2.98. The number of anilines is 1. The number of thioether (sulfide) groups is 1. The Kier molecular flexibility index (Phi) is 8.10. The number of nitriles is 1. The van der Waals surface area contributed by atoms with Crippen LogP contribution in [0, 0.1) is 11.3 Å². The molecule has 2 aromatic rings. The molecule has 2 N–H and O–H groups in total. The van der Waals surface area contributed by atoms with E-state index in [4.69, 9.17) is 10.00 Å². The van der Waals surface area contributed by atoms with E-state index >= 15 is 0 Å². The van der Waals surface area contributed by atoms with Gasteiger partial charge in [0.25, 0.3) is 5.91 Å². The molecule has 0 aromatic heterocycles. The van der Waals surface area contributed by atoms with E-state index in [1.807, 2.05) is 18.2 Å². The van der Waals surface area contributed by atoms with Gasteiger partial charge in [-0.2, -0.15) is 17.0 Å². The second-order valence-electron chi connectivity index (χ2n) is 7.28. The van der Waals surface area contributed by atoms with E-state index in [-0.39, 0.29) is 5.91 Å². The Morgan fingerprint density at radius 2 is 1.79 bits per heavy atom. The number of hydrogen-bond donors (Lipinski definition) is 2. The van der Waals surface area contributed by atoms with Gasteiger partial charge in [0.1, 0.15) is 5.60 Å². The first-order chi connectivity index (χ1) is 13.8. The predicted molar refractivity (Wildman–Crippen MR) is 116 cm³/mol. The summed E-state index contributed by atoms with van der Waals surface area (Å²) in [5.41, 5.74) is 2.18. The number of hydrogen-bond acceptors (Lipinski definition) is 5. The number of rotatable bonds is 7. The van der Waals surface area contributed by atoms with Gasteiger partial charge in [-0.25, -0.2) is 4.79 Å². The van der Waals surface area contributed by atoms with E-state index < -0.39 is 11.7 Å². The maximum atomic E-state index is 12.2. The number of nitrogens with one attached hydrogen (secondary N) is 2. The summed E-state index contributed by atoms with van der Waals surface area (Å²) in [6, 6.07) is 16.3. The molecule has 0 saturated carbocycles. The van der Waals surface area contributed by atoms with Crippen LogP contribution in [-0.2, 0) is 10.5 Å². The highest BCUT2D eigenvalue weighted by molar-refractivity contribution is 7.98. The smallest absolute Gasteiger partial charge is 0.412 e. The Morgan fingerprint density at radius 3 is 2.45 bits per heavy atom. The summed E-state index contributed by atoms with van der Waals surface area (Å²) in [5.74, 6) is 1.29. The molecule has 7 heteroatoms. The van der Waals surface area contributed by atoms with Crippen LogP contribution >= 0.6 is 11.8 Å². The van der Waals surface area contributed by atoms with Crippen molar-refractivity contribution >= 4 is 29.4 Å². The van der Waals surface area contributed by atoms with E-state index in [0.29, 0.717) is 23.4 Å². The molecule has 0 spiro atoms. The fraction of sp³-hybridized carbons (Fsp3) is 0.318. The molecule has 0 heterocycles. The topological polar surface area (TPSA) is 91.2 Å². The Morgan fingerprint density at radius 1 is 1.10 bits per heavy atom. The number of benzene rings is 2. The minimum atomic E-state index is -0.571. The molecular formula is C22H25N3O3S. The monoisotopic (exact) mass is 411 g/mol. The first-order valence-corrected chi connectivity index (χ1v) is 10.4. The zero-order chi connectivity index (χ0) is 21.3. The predicted octanol–water partition coefficient (Wildman–Crippen LogP) is 4.57. The van der Waals surface area contributed by atoms with Crippen LogP contribution in [0.2, 0.25) is 0 Å². The second-order valence-corrected chi connectivity index (χ2v) is 8.39. The maximum Gasteiger partial charge on any atom is 0.412 e. The van der Waals surface area contributed by atoms with Crippen molar-refractivity contribution < 1.29 is 14.3 Å². The van der Waals surface area contributed by atoms with E-state index in [0.717, 1.165) is 17.1 Å². The quantitative estimate of drug-likeness (QED) is 0.651. The van der Waals surface area contributed by atoms with Gasteiger partial charge in [0, 0.05) is 29.3 Å². The Bertz CT molecular complexity index is 883. The molecule has 0 aliphatic rings. The van der Waals surface area contributed by atoms with Crippen molar-refractivity contribution in [1.29, 1.82) is 5.26 Å². The van der Waals surface area contributed by atoms with Crippen LogP contribution in [0.1, 0.15) is 42.3 Å². The third-order valence-electron chi connectivity index (χ3n) is 3.72.